The van der Waals surface area contributed by atoms with Gasteiger partial charge in [0.25, 0.3) is 0 Å². The minimum Gasteiger partial charge on any atom is -0.388 e. The van der Waals surface area contributed by atoms with Crippen LogP contribution < -0.4 is 5.32 Å². The second-order valence-electron chi connectivity index (χ2n) is 2.19. The molecule has 0 saturated carbocycles. The lowest BCUT2D eigenvalue weighted by atomic mass is 10.3. The van der Waals surface area contributed by atoms with E-state index in [1.165, 1.54) is 18.5 Å². The summed E-state index contributed by atoms with van der Waals surface area (Å²) in [6, 6.07) is 0. The average Bonchev–Trinajstić information content (AvgIpc) is 1.99. The van der Waals surface area contributed by atoms with Gasteiger partial charge in [-0.3, -0.25) is 0 Å². The third-order valence-electron chi connectivity index (χ3n) is 1.35. The molecule has 58 valence electrons. The summed E-state index contributed by atoms with van der Waals surface area (Å²) in [5.74, 6) is 0. The molecule has 0 aromatic carbocycles. The van der Waals surface area contributed by atoms with E-state index in [0.717, 1.165) is 0 Å². The molecule has 0 atom stereocenters. The van der Waals surface area contributed by atoms with Crippen LogP contribution in [-0.2, 0) is 0 Å². The second kappa shape index (κ2) is 6.40. The number of hydrogen-bond acceptors (Lipinski definition) is 1. The van der Waals surface area contributed by atoms with Crippen LogP contribution in [0, 0.1) is 0 Å². The maximum absolute atomic E-state index is 3.08. The maximum atomic E-state index is 3.08. The van der Waals surface area contributed by atoms with Crippen molar-refractivity contribution in [2.24, 2.45) is 0 Å². The number of nitrogens with one attached hydrogen (secondary N) is 1. The van der Waals surface area contributed by atoms with Gasteiger partial charge in [0.2, 0.25) is 0 Å². The monoisotopic (exact) mass is 139 g/mol. The van der Waals surface area contributed by atoms with Gasteiger partial charge in [0.15, 0.2) is 0 Å². The quantitative estimate of drug-likeness (QED) is 0.590. The summed E-state index contributed by atoms with van der Waals surface area (Å²) in [7, 11) is 1.94. The molecule has 0 rings (SSSR count). The largest absolute Gasteiger partial charge is 0.388 e. The first-order valence-electron chi connectivity index (χ1n) is 3.85. The van der Waals surface area contributed by atoms with E-state index in [1.54, 1.807) is 0 Å². The van der Waals surface area contributed by atoms with Crippen LogP contribution in [0.1, 0.15) is 26.7 Å². The molecule has 0 aromatic heterocycles. The Hall–Kier alpha value is -0.720. The van der Waals surface area contributed by atoms with Crippen LogP contribution in [0.2, 0.25) is 0 Å². The van der Waals surface area contributed by atoms with Crippen molar-refractivity contribution in [3.63, 3.8) is 0 Å². The Labute approximate surface area is 63.8 Å². The van der Waals surface area contributed by atoms with Gasteiger partial charge in [-0.15, -0.1) is 0 Å². The van der Waals surface area contributed by atoms with Gasteiger partial charge in [-0.2, -0.15) is 0 Å². The molecule has 10 heavy (non-hydrogen) atoms. The van der Waals surface area contributed by atoms with Crippen LogP contribution >= 0.6 is 0 Å². The van der Waals surface area contributed by atoms with Gasteiger partial charge in [0, 0.05) is 12.7 Å². The Bertz CT molecular complexity index is 123. The van der Waals surface area contributed by atoms with Crippen molar-refractivity contribution in [2.75, 3.05) is 7.05 Å². The molecule has 0 aliphatic heterocycles. The normalized spacial score (nSPS) is 12.5. The zero-order valence-corrected chi connectivity index (χ0v) is 7.15. The van der Waals surface area contributed by atoms with Crippen LogP contribution in [0.4, 0.5) is 0 Å². The summed E-state index contributed by atoms with van der Waals surface area (Å²) in [5.41, 5.74) is 1.19. The third kappa shape index (κ3) is 4.19. The van der Waals surface area contributed by atoms with E-state index in [1.807, 2.05) is 14.0 Å². The lowest BCUT2D eigenvalue weighted by molar-refractivity contribution is 0.949. The minimum absolute atomic E-state index is 1.17. The van der Waals surface area contributed by atoms with E-state index >= 15 is 0 Å². The fraction of sp³-hybridized carbons (Fsp3) is 0.556. The van der Waals surface area contributed by atoms with Gasteiger partial charge < -0.3 is 5.32 Å². The average molecular weight is 139 g/mol. The highest BCUT2D eigenvalue weighted by Gasteiger charge is 1.80. The van der Waals surface area contributed by atoms with Crippen molar-refractivity contribution in [1.29, 1.82) is 0 Å². The predicted molar refractivity (Wildman–Crippen MR) is 46.9 cm³/mol. The standard InChI is InChI=1S/C9H17N/c1-4-6-7-8-9(5-2)10-3/h5,7-8,10H,4,6H2,1-3H3/b8-7-,9-5+. The van der Waals surface area contributed by atoms with Crippen molar-refractivity contribution >= 4 is 0 Å². The van der Waals surface area contributed by atoms with Gasteiger partial charge in [0.1, 0.15) is 0 Å². The van der Waals surface area contributed by atoms with Crippen molar-refractivity contribution < 1.29 is 0 Å². The molecule has 0 radical (unpaired) electrons. The minimum atomic E-state index is 1.17. The zero-order valence-electron chi connectivity index (χ0n) is 7.15. The highest BCUT2D eigenvalue weighted by molar-refractivity contribution is 5.14. The van der Waals surface area contributed by atoms with Crippen molar-refractivity contribution in [2.45, 2.75) is 26.7 Å². The molecule has 0 aromatic rings. The van der Waals surface area contributed by atoms with E-state index in [9.17, 15) is 0 Å². The Kier molecular flexibility index (Phi) is 5.94. The molecule has 0 bridgehead atoms. The number of rotatable bonds is 4. The van der Waals surface area contributed by atoms with E-state index in [2.05, 4.69) is 30.5 Å². The first-order chi connectivity index (χ1) is 4.85. The molecule has 0 amide bonds. The molecule has 1 N–H and O–H groups in total. The molecule has 0 heterocycles. The summed E-state index contributed by atoms with van der Waals surface area (Å²) in [5, 5.41) is 3.08. The SMILES string of the molecule is C/C=C(\C=C/CCC)NC. The maximum Gasteiger partial charge on any atom is 0.0290 e. The number of hydrogen-bond donors (Lipinski definition) is 1. The summed E-state index contributed by atoms with van der Waals surface area (Å²) < 4.78 is 0. The first-order valence-corrected chi connectivity index (χ1v) is 3.85. The molecular formula is C9H17N. The number of likely N-dealkylation sites (N-methyl/N-ethyl adjacent to an activating group) is 1. The van der Waals surface area contributed by atoms with Gasteiger partial charge in [-0.1, -0.05) is 25.5 Å². The molecule has 0 saturated heterocycles. The summed E-state index contributed by atoms with van der Waals surface area (Å²) >= 11 is 0. The van der Waals surface area contributed by atoms with Gasteiger partial charge in [0.05, 0.1) is 0 Å². The van der Waals surface area contributed by atoms with E-state index < -0.39 is 0 Å². The van der Waals surface area contributed by atoms with Crippen LogP contribution in [0.5, 0.6) is 0 Å². The first kappa shape index (κ1) is 9.28. The van der Waals surface area contributed by atoms with Crippen molar-refractivity contribution in [3.05, 3.63) is 23.9 Å². The molecule has 0 unspecified atom stereocenters. The molecule has 1 nitrogen and oxygen atoms in total. The fourth-order valence-electron chi connectivity index (χ4n) is 0.701. The lowest BCUT2D eigenvalue weighted by Gasteiger charge is -1.96. The summed E-state index contributed by atoms with van der Waals surface area (Å²) in [6.45, 7) is 4.21. The van der Waals surface area contributed by atoms with Crippen molar-refractivity contribution in [1.82, 2.24) is 5.32 Å². The molecule has 0 spiro atoms. The number of unbranched alkanes of at least 4 members (excludes halogenated alkanes) is 1. The molecule has 1 heteroatoms. The Morgan fingerprint density at radius 1 is 1.50 bits per heavy atom. The molecule has 0 fully saturated rings. The molecular weight excluding hydrogens is 122 g/mol. The summed E-state index contributed by atoms with van der Waals surface area (Å²) in [4.78, 5) is 0. The zero-order chi connectivity index (χ0) is 7.82. The van der Waals surface area contributed by atoms with Gasteiger partial charge in [-0.05, 0) is 19.4 Å². The Morgan fingerprint density at radius 2 is 2.20 bits per heavy atom. The Morgan fingerprint density at radius 3 is 2.60 bits per heavy atom. The van der Waals surface area contributed by atoms with Crippen LogP contribution in [-0.4, -0.2) is 7.05 Å². The van der Waals surface area contributed by atoms with Crippen LogP contribution in [0.3, 0.4) is 0 Å². The predicted octanol–water partition coefficient (Wildman–Crippen LogP) is 2.47. The molecule has 0 aliphatic carbocycles. The van der Waals surface area contributed by atoms with Crippen LogP contribution in [0.15, 0.2) is 23.9 Å². The third-order valence-corrected chi connectivity index (χ3v) is 1.35. The Balaban J connectivity index is 3.63. The van der Waals surface area contributed by atoms with Gasteiger partial charge in [-0.25, -0.2) is 0 Å². The highest BCUT2D eigenvalue weighted by atomic mass is 14.8. The fourth-order valence-corrected chi connectivity index (χ4v) is 0.701. The van der Waals surface area contributed by atoms with E-state index in [-0.39, 0.29) is 0 Å². The van der Waals surface area contributed by atoms with E-state index in [0.29, 0.717) is 0 Å². The smallest absolute Gasteiger partial charge is 0.0290 e. The lowest BCUT2D eigenvalue weighted by Crippen LogP contribution is -2.01. The van der Waals surface area contributed by atoms with Crippen LogP contribution in [0.25, 0.3) is 0 Å². The summed E-state index contributed by atoms with van der Waals surface area (Å²) in [6.07, 6.45) is 8.75. The molecule has 0 aliphatic rings. The van der Waals surface area contributed by atoms with E-state index in [4.69, 9.17) is 0 Å². The highest BCUT2D eigenvalue weighted by Crippen LogP contribution is 1.94. The van der Waals surface area contributed by atoms with Crippen molar-refractivity contribution in [3.8, 4) is 0 Å². The topological polar surface area (TPSA) is 12.0 Å². The van der Waals surface area contributed by atoms with Gasteiger partial charge >= 0.3 is 0 Å². The number of allylic oxidation sites excluding steroid dienone is 3. The second-order valence-corrected chi connectivity index (χ2v) is 2.19.